The van der Waals surface area contributed by atoms with Crippen molar-refractivity contribution in [1.29, 1.82) is 5.26 Å². The average molecular weight is 491 g/mol. The number of nitriles is 1. The molecule has 0 saturated heterocycles. The first kappa shape index (κ1) is 23.0. The fourth-order valence-electron chi connectivity index (χ4n) is 4.94. The predicted molar refractivity (Wildman–Crippen MR) is 140 cm³/mol. The highest BCUT2D eigenvalue weighted by Crippen LogP contribution is 2.37. The molecule has 3 aromatic carbocycles. The minimum Gasteiger partial charge on any atom is -0.490 e. The Balaban J connectivity index is 1.22. The standard InChI is InChI=1S/C29H26N6O2/c1-17(2)36-26-13-10-18(14-19(26)15-30)29-34-28(35-37-29)22-7-5-6-21-20(22)11-12-23(21)31-16-27-32-24-8-3-4-9-25(24)33-27/h3-10,13-14,17,23,31H,11-12,16H2,1-2H3,(H,32,33)/t23-/m0/s1. The van der Waals surface area contributed by atoms with Crippen LogP contribution < -0.4 is 10.1 Å². The lowest BCUT2D eigenvalue weighted by Crippen LogP contribution is -2.19. The fraction of sp³-hybridized carbons (Fsp3) is 0.241. The van der Waals surface area contributed by atoms with Gasteiger partial charge in [0.2, 0.25) is 5.82 Å². The van der Waals surface area contributed by atoms with Gasteiger partial charge in [-0.05, 0) is 68.1 Å². The van der Waals surface area contributed by atoms with Gasteiger partial charge in [0.1, 0.15) is 17.6 Å². The summed E-state index contributed by atoms with van der Waals surface area (Å²) >= 11 is 0. The Morgan fingerprint density at radius 2 is 2.03 bits per heavy atom. The number of ether oxygens (including phenoxy) is 1. The highest BCUT2D eigenvalue weighted by molar-refractivity contribution is 5.74. The highest BCUT2D eigenvalue weighted by atomic mass is 16.5. The molecule has 0 amide bonds. The van der Waals surface area contributed by atoms with Crippen LogP contribution in [0.25, 0.3) is 33.9 Å². The summed E-state index contributed by atoms with van der Waals surface area (Å²) < 4.78 is 11.3. The number of nitrogens with one attached hydrogen (secondary N) is 2. The molecule has 0 saturated carbocycles. The molecule has 6 rings (SSSR count). The van der Waals surface area contributed by atoms with Crippen LogP contribution in [0.4, 0.5) is 0 Å². The molecule has 1 aliphatic carbocycles. The van der Waals surface area contributed by atoms with Gasteiger partial charge in [0.15, 0.2) is 0 Å². The van der Waals surface area contributed by atoms with E-state index in [0.717, 1.165) is 35.3 Å². The number of imidazole rings is 1. The van der Waals surface area contributed by atoms with Crippen LogP contribution >= 0.6 is 0 Å². The Bertz CT molecular complexity index is 1590. The number of nitrogens with zero attached hydrogens (tertiary/aromatic N) is 4. The maximum atomic E-state index is 9.56. The number of rotatable bonds is 7. The van der Waals surface area contributed by atoms with Crippen LogP contribution in [-0.4, -0.2) is 26.2 Å². The molecule has 0 aliphatic heterocycles. The molecule has 0 radical (unpaired) electrons. The SMILES string of the molecule is CC(C)Oc1ccc(-c2nc(-c3cccc4c3CC[C@@H]4NCc3nc4ccccc4[nH]3)no2)cc1C#N. The Morgan fingerprint density at radius 1 is 1.14 bits per heavy atom. The number of aromatic nitrogens is 4. The smallest absolute Gasteiger partial charge is 0.258 e. The molecule has 1 atom stereocenters. The van der Waals surface area contributed by atoms with Crippen molar-refractivity contribution in [3.63, 3.8) is 0 Å². The van der Waals surface area contributed by atoms with Crippen molar-refractivity contribution in [2.24, 2.45) is 0 Å². The van der Waals surface area contributed by atoms with Gasteiger partial charge < -0.3 is 19.6 Å². The zero-order chi connectivity index (χ0) is 25.4. The average Bonchev–Trinajstić information content (AvgIpc) is 3.65. The Morgan fingerprint density at radius 3 is 2.86 bits per heavy atom. The van der Waals surface area contributed by atoms with E-state index in [2.05, 4.69) is 37.6 Å². The molecule has 184 valence electrons. The van der Waals surface area contributed by atoms with Crippen molar-refractivity contribution >= 4 is 11.0 Å². The van der Waals surface area contributed by atoms with Crippen LogP contribution in [0.2, 0.25) is 0 Å². The third-order valence-electron chi connectivity index (χ3n) is 6.60. The number of H-pyrrole nitrogens is 1. The lowest BCUT2D eigenvalue weighted by molar-refractivity contribution is 0.241. The number of benzene rings is 3. The number of hydrogen-bond donors (Lipinski definition) is 2. The Hall–Kier alpha value is -4.48. The summed E-state index contributed by atoms with van der Waals surface area (Å²) in [5.74, 6) is 2.39. The van der Waals surface area contributed by atoms with E-state index in [1.807, 2.05) is 56.3 Å². The van der Waals surface area contributed by atoms with Gasteiger partial charge in [0.05, 0.1) is 29.2 Å². The minimum absolute atomic E-state index is 0.0230. The van der Waals surface area contributed by atoms with E-state index in [9.17, 15) is 5.26 Å². The van der Waals surface area contributed by atoms with Gasteiger partial charge in [-0.3, -0.25) is 0 Å². The maximum Gasteiger partial charge on any atom is 0.258 e. The molecule has 0 fully saturated rings. The van der Waals surface area contributed by atoms with Crippen LogP contribution in [0.15, 0.2) is 65.2 Å². The molecule has 2 aromatic heterocycles. The van der Waals surface area contributed by atoms with Gasteiger partial charge in [0.25, 0.3) is 5.89 Å². The first-order valence-corrected chi connectivity index (χ1v) is 12.4. The molecule has 5 aromatic rings. The van der Waals surface area contributed by atoms with Gasteiger partial charge in [-0.15, -0.1) is 0 Å². The van der Waals surface area contributed by atoms with Gasteiger partial charge >= 0.3 is 0 Å². The normalized spacial score (nSPS) is 14.7. The third kappa shape index (κ3) is 4.46. The van der Waals surface area contributed by atoms with Crippen LogP contribution in [0.3, 0.4) is 0 Å². The first-order valence-electron chi connectivity index (χ1n) is 12.4. The van der Waals surface area contributed by atoms with E-state index in [0.29, 0.717) is 35.1 Å². The van der Waals surface area contributed by atoms with Gasteiger partial charge in [-0.2, -0.15) is 10.2 Å². The fourth-order valence-corrected chi connectivity index (χ4v) is 4.94. The quantitative estimate of drug-likeness (QED) is 0.300. The molecule has 2 N–H and O–H groups in total. The van der Waals surface area contributed by atoms with Gasteiger partial charge in [0, 0.05) is 17.2 Å². The third-order valence-corrected chi connectivity index (χ3v) is 6.60. The summed E-state index contributed by atoms with van der Waals surface area (Å²) in [6.07, 6.45) is 1.89. The largest absolute Gasteiger partial charge is 0.490 e. The molecule has 37 heavy (non-hydrogen) atoms. The van der Waals surface area contributed by atoms with Crippen molar-refractivity contribution in [2.75, 3.05) is 0 Å². The topological polar surface area (TPSA) is 113 Å². The zero-order valence-electron chi connectivity index (χ0n) is 20.7. The van der Waals surface area contributed by atoms with Gasteiger partial charge in [-0.25, -0.2) is 4.98 Å². The number of fused-ring (bicyclic) bond motifs is 2. The summed E-state index contributed by atoms with van der Waals surface area (Å²) in [7, 11) is 0. The van der Waals surface area contributed by atoms with E-state index < -0.39 is 0 Å². The van der Waals surface area contributed by atoms with Crippen LogP contribution in [0.1, 0.15) is 48.8 Å². The van der Waals surface area contributed by atoms with Crippen molar-refractivity contribution < 1.29 is 9.26 Å². The van der Waals surface area contributed by atoms with E-state index in [1.54, 1.807) is 12.1 Å². The first-order chi connectivity index (χ1) is 18.1. The second-order valence-electron chi connectivity index (χ2n) is 9.46. The maximum absolute atomic E-state index is 9.56. The molecule has 2 heterocycles. The summed E-state index contributed by atoms with van der Waals surface area (Å²) in [4.78, 5) is 12.7. The summed E-state index contributed by atoms with van der Waals surface area (Å²) in [5.41, 5.74) is 6.60. The lowest BCUT2D eigenvalue weighted by Gasteiger charge is -2.13. The highest BCUT2D eigenvalue weighted by Gasteiger charge is 2.26. The monoisotopic (exact) mass is 490 g/mol. The second kappa shape index (κ2) is 9.52. The van der Waals surface area contributed by atoms with Crippen molar-refractivity contribution in [1.82, 2.24) is 25.4 Å². The number of aromatic amines is 1. The molecule has 0 bridgehead atoms. The number of para-hydroxylation sites is 2. The van der Waals surface area contributed by atoms with E-state index in [1.165, 1.54) is 11.1 Å². The molecule has 1 aliphatic rings. The van der Waals surface area contributed by atoms with Gasteiger partial charge in [-0.1, -0.05) is 35.5 Å². The molecule has 0 unspecified atom stereocenters. The van der Waals surface area contributed by atoms with Crippen molar-refractivity contribution in [3.8, 4) is 34.7 Å². The molecule has 8 nitrogen and oxygen atoms in total. The Labute approximate surface area is 214 Å². The minimum atomic E-state index is -0.0230. The molecular weight excluding hydrogens is 464 g/mol. The Kier molecular flexibility index (Phi) is 5.91. The van der Waals surface area contributed by atoms with E-state index in [4.69, 9.17) is 9.26 Å². The molecule has 0 spiro atoms. The summed E-state index contributed by atoms with van der Waals surface area (Å²) in [6.45, 7) is 4.51. The van der Waals surface area contributed by atoms with Crippen molar-refractivity contribution in [3.05, 3.63) is 83.2 Å². The van der Waals surface area contributed by atoms with Crippen LogP contribution in [0, 0.1) is 11.3 Å². The van der Waals surface area contributed by atoms with Crippen LogP contribution in [-0.2, 0) is 13.0 Å². The van der Waals surface area contributed by atoms with E-state index >= 15 is 0 Å². The molecular formula is C29H26N6O2. The molecule has 8 heteroatoms. The lowest BCUT2D eigenvalue weighted by atomic mass is 10.0. The number of hydrogen-bond acceptors (Lipinski definition) is 7. The second-order valence-corrected chi connectivity index (χ2v) is 9.46. The summed E-state index contributed by atoms with van der Waals surface area (Å²) in [6, 6.07) is 22.0. The zero-order valence-corrected chi connectivity index (χ0v) is 20.7. The summed E-state index contributed by atoms with van der Waals surface area (Å²) in [5, 5.41) is 17.5. The van der Waals surface area contributed by atoms with Crippen molar-refractivity contribution in [2.45, 2.75) is 45.4 Å². The predicted octanol–water partition coefficient (Wildman–Crippen LogP) is 5.72. The van der Waals surface area contributed by atoms with E-state index in [-0.39, 0.29) is 12.1 Å². The van der Waals surface area contributed by atoms with Crippen LogP contribution in [0.5, 0.6) is 5.75 Å².